The fourth-order valence-corrected chi connectivity index (χ4v) is 2.66. The van der Waals surface area contributed by atoms with Gasteiger partial charge in [0.1, 0.15) is 6.54 Å². The molecule has 0 aromatic heterocycles. The molecule has 1 rings (SSSR count). The van der Waals surface area contributed by atoms with Gasteiger partial charge in [-0.3, -0.25) is 4.48 Å². The van der Waals surface area contributed by atoms with Gasteiger partial charge in [0.15, 0.2) is 0 Å². The van der Waals surface area contributed by atoms with E-state index in [2.05, 4.69) is 19.1 Å². The molecule has 0 bridgehead atoms. The second-order valence-electron chi connectivity index (χ2n) is 6.59. The molecule has 2 heteroatoms. The van der Waals surface area contributed by atoms with Gasteiger partial charge in [0.2, 0.25) is 0 Å². The highest BCUT2D eigenvalue weighted by Crippen LogP contribution is 2.14. The summed E-state index contributed by atoms with van der Waals surface area (Å²) in [6.45, 7) is 3.03. The molecular weight excluding hydrogens is 258 g/mol. The quantitative estimate of drug-likeness (QED) is 0.441. The maximum absolute atomic E-state index is 12.4. The average molecular weight is 290 g/mol. The molecule has 0 aliphatic rings. The highest BCUT2D eigenvalue weighted by atomic mass is 16.2. The number of unbranched alkanes of at least 4 members (excludes halogenated alkanes) is 6. The third-order valence-corrected chi connectivity index (χ3v) is 4.09. The molecule has 0 fully saturated rings. The Morgan fingerprint density at radius 1 is 0.905 bits per heavy atom. The number of carbonyl (C=O) groups is 1. The number of rotatable bonds is 10. The molecule has 0 N–H and O–H groups in total. The highest BCUT2D eigenvalue weighted by molar-refractivity contribution is 5.68. The number of hydrogen-bond donors (Lipinski definition) is 0. The number of carbonyl (C=O) groups excluding carboxylic acids is 1. The van der Waals surface area contributed by atoms with E-state index in [1.165, 1.54) is 44.1 Å². The molecule has 0 aliphatic heterocycles. The summed E-state index contributed by atoms with van der Waals surface area (Å²) in [5.74, 6) is 0.354. The molecule has 0 heterocycles. The number of amides is 1. The van der Waals surface area contributed by atoms with Crippen LogP contribution in [0.4, 0.5) is 0 Å². The molecule has 2 nitrogen and oxygen atoms in total. The summed E-state index contributed by atoms with van der Waals surface area (Å²) in [5.41, 5.74) is 1.23. The van der Waals surface area contributed by atoms with Crippen molar-refractivity contribution in [2.75, 3.05) is 14.1 Å². The van der Waals surface area contributed by atoms with Gasteiger partial charge in [0.05, 0.1) is 20.5 Å². The Morgan fingerprint density at radius 2 is 1.48 bits per heavy atom. The largest absolute Gasteiger partial charge is 0.313 e. The lowest BCUT2D eigenvalue weighted by molar-refractivity contribution is -0.828. The maximum atomic E-state index is 12.4. The molecule has 0 atom stereocenters. The number of hydrogen-bond acceptors (Lipinski definition) is 1. The Kier molecular flexibility index (Phi) is 8.29. The Morgan fingerprint density at radius 3 is 2.10 bits per heavy atom. The van der Waals surface area contributed by atoms with Crippen LogP contribution in [-0.2, 0) is 11.3 Å². The van der Waals surface area contributed by atoms with Gasteiger partial charge in [-0.2, -0.15) is 0 Å². The Balaban J connectivity index is 2.24. The first-order valence-electron chi connectivity index (χ1n) is 8.46. The minimum absolute atomic E-state index is 0.354. The monoisotopic (exact) mass is 290 g/mol. The van der Waals surface area contributed by atoms with E-state index in [-0.39, 0.29) is 0 Å². The number of benzene rings is 1. The van der Waals surface area contributed by atoms with Crippen molar-refractivity contribution in [2.45, 2.75) is 64.8 Å². The van der Waals surface area contributed by atoms with Crippen LogP contribution in [0.3, 0.4) is 0 Å². The second kappa shape index (κ2) is 9.73. The minimum Gasteiger partial charge on any atom is -0.262 e. The zero-order valence-corrected chi connectivity index (χ0v) is 14.1. The van der Waals surface area contributed by atoms with Gasteiger partial charge in [0, 0.05) is 5.56 Å². The van der Waals surface area contributed by atoms with Crippen molar-refractivity contribution < 1.29 is 9.28 Å². The molecule has 1 aromatic carbocycles. The molecule has 0 aliphatic carbocycles. The molecule has 0 radical (unpaired) electrons. The lowest BCUT2D eigenvalue weighted by Crippen LogP contribution is -2.44. The van der Waals surface area contributed by atoms with Gasteiger partial charge < -0.3 is 0 Å². The molecule has 0 spiro atoms. The van der Waals surface area contributed by atoms with Crippen LogP contribution in [0.2, 0.25) is 0 Å². The van der Waals surface area contributed by atoms with E-state index >= 15 is 0 Å². The summed E-state index contributed by atoms with van der Waals surface area (Å²) < 4.78 is 0.458. The third kappa shape index (κ3) is 7.42. The topological polar surface area (TPSA) is 17.1 Å². The third-order valence-electron chi connectivity index (χ3n) is 4.09. The lowest BCUT2D eigenvalue weighted by atomic mass is 10.1. The zero-order valence-electron chi connectivity index (χ0n) is 14.1. The molecule has 1 aromatic rings. The van der Waals surface area contributed by atoms with E-state index in [0.29, 0.717) is 16.8 Å². The van der Waals surface area contributed by atoms with E-state index in [9.17, 15) is 4.79 Å². The Labute approximate surface area is 130 Å². The number of quaternary nitrogens is 1. The van der Waals surface area contributed by atoms with Crippen molar-refractivity contribution in [2.24, 2.45) is 0 Å². The van der Waals surface area contributed by atoms with Crippen LogP contribution >= 0.6 is 0 Å². The zero-order chi connectivity index (χ0) is 15.6. The lowest BCUT2D eigenvalue weighted by Gasteiger charge is -2.27. The van der Waals surface area contributed by atoms with Gasteiger partial charge in [0.25, 0.3) is 0 Å². The van der Waals surface area contributed by atoms with Crippen molar-refractivity contribution in [3.63, 3.8) is 0 Å². The summed E-state index contributed by atoms with van der Waals surface area (Å²) >= 11 is 0. The van der Waals surface area contributed by atoms with E-state index < -0.39 is 0 Å². The van der Waals surface area contributed by atoms with Gasteiger partial charge in [-0.25, -0.2) is 4.79 Å². The molecular formula is C19H32NO+. The summed E-state index contributed by atoms with van der Waals surface area (Å²) in [7, 11) is 4.05. The fourth-order valence-electron chi connectivity index (χ4n) is 2.66. The molecule has 0 saturated heterocycles. The van der Waals surface area contributed by atoms with Crippen molar-refractivity contribution in [1.82, 2.24) is 0 Å². The van der Waals surface area contributed by atoms with Gasteiger partial charge >= 0.3 is 5.91 Å². The Bertz CT molecular complexity index is 397. The first-order chi connectivity index (χ1) is 10.1. The van der Waals surface area contributed by atoms with Crippen LogP contribution in [0.1, 0.15) is 63.9 Å². The van der Waals surface area contributed by atoms with Crippen molar-refractivity contribution in [3.8, 4) is 0 Å². The SMILES string of the molecule is CCCCCCCCCC(=O)[N+](C)(C)Cc1ccccc1. The highest BCUT2D eigenvalue weighted by Gasteiger charge is 2.25. The molecule has 0 unspecified atom stereocenters. The van der Waals surface area contributed by atoms with Crippen LogP contribution in [-0.4, -0.2) is 24.5 Å². The first-order valence-corrected chi connectivity index (χ1v) is 8.46. The molecule has 118 valence electrons. The summed E-state index contributed by atoms with van der Waals surface area (Å²) in [6.07, 6.45) is 9.54. The predicted molar refractivity (Wildman–Crippen MR) is 89.9 cm³/mol. The van der Waals surface area contributed by atoms with E-state index in [0.717, 1.165) is 13.0 Å². The van der Waals surface area contributed by atoms with Crippen LogP contribution in [0.5, 0.6) is 0 Å². The summed E-state index contributed by atoms with van der Waals surface area (Å²) in [5, 5.41) is 0. The minimum atomic E-state index is 0.354. The average Bonchev–Trinajstić information content (AvgIpc) is 2.46. The fraction of sp³-hybridized carbons (Fsp3) is 0.632. The van der Waals surface area contributed by atoms with E-state index in [1.54, 1.807) is 0 Å². The predicted octanol–water partition coefficient (Wildman–Crippen LogP) is 4.93. The van der Waals surface area contributed by atoms with Crippen molar-refractivity contribution in [1.29, 1.82) is 0 Å². The molecule has 21 heavy (non-hydrogen) atoms. The standard InChI is InChI=1S/C19H32NO/c1-4-5-6-7-8-9-13-16-19(21)20(2,3)17-18-14-11-10-12-15-18/h10-12,14-15H,4-9,13,16-17H2,1-3H3/q+1. The number of nitrogens with zero attached hydrogens (tertiary/aromatic N) is 1. The van der Waals surface area contributed by atoms with Crippen molar-refractivity contribution in [3.05, 3.63) is 35.9 Å². The molecule has 0 saturated carbocycles. The van der Waals surface area contributed by atoms with E-state index in [1.807, 2.05) is 32.3 Å². The van der Waals surface area contributed by atoms with E-state index in [4.69, 9.17) is 0 Å². The van der Waals surface area contributed by atoms with Gasteiger partial charge in [-0.05, 0) is 6.42 Å². The maximum Gasteiger partial charge on any atom is 0.313 e. The summed E-state index contributed by atoms with van der Waals surface area (Å²) in [6, 6.07) is 10.3. The normalized spacial score (nSPS) is 11.6. The van der Waals surface area contributed by atoms with Gasteiger partial charge in [-0.1, -0.05) is 75.8 Å². The van der Waals surface area contributed by atoms with Crippen LogP contribution in [0.15, 0.2) is 30.3 Å². The Hall–Kier alpha value is -1.15. The van der Waals surface area contributed by atoms with Crippen LogP contribution in [0, 0.1) is 0 Å². The van der Waals surface area contributed by atoms with Crippen molar-refractivity contribution >= 4 is 5.91 Å². The summed E-state index contributed by atoms with van der Waals surface area (Å²) in [4.78, 5) is 12.4. The van der Waals surface area contributed by atoms with Gasteiger partial charge in [-0.15, -0.1) is 0 Å². The van der Waals surface area contributed by atoms with Crippen LogP contribution in [0.25, 0.3) is 0 Å². The molecule has 1 amide bonds. The first kappa shape index (κ1) is 17.9. The second-order valence-corrected chi connectivity index (χ2v) is 6.59. The van der Waals surface area contributed by atoms with Crippen LogP contribution < -0.4 is 0 Å². The smallest absolute Gasteiger partial charge is 0.262 e.